The Kier molecular flexibility index (Phi) is 6.07. The summed E-state index contributed by atoms with van der Waals surface area (Å²) in [6.07, 6.45) is 0.880. The Morgan fingerprint density at radius 2 is 2.11 bits per heavy atom. The fourth-order valence-corrected chi connectivity index (χ4v) is 1.88. The summed E-state index contributed by atoms with van der Waals surface area (Å²) in [5, 5.41) is 8.52. The second kappa shape index (κ2) is 7.33. The zero-order valence-electron chi connectivity index (χ0n) is 11.3. The van der Waals surface area contributed by atoms with Gasteiger partial charge in [0.25, 0.3) is 0 Å². The Labute approximate surface area is 108 Å². The molecule has 1 heterocycles. The number of hydrogen-bond acceptors (Lipinski definition) is 4. The van der Waals surface area contributed by atoms with Crippen LogP contribution in [0, 0.1) is 5.92 Å². The second-order valence-electron chi connectivity index (χ2n) is 4.56. The Hall–Kier alpha value is -1.14. The predicted octanol–water partition coefficient (Wildman–Crippen LogP) is -0.748. The molecular formula is C12H23N3O3. The summed E-state index contributed by atoms with van der Waals surface area (Å²) in [5.41, 5.74) is 0. The molecule has 1 aliphatic rings. The lowest BCUT2D eigenvalue weighted by molar-refractivity contribution is -0.131. The van der Waals surface area contributed by atoms with E-state index in [0.29, 0.717) is 19.8 Å². The molecule has 0 aromatic heterocycles. The summed E-state index contributed by atoms with van der Waals surface area (Å²) >= 11 is 0. The third-order valence-electron chi connectivity index (χ3n) is 3.09. The summed E-state index contributed by atoms with van der Waals surface area (Å²) in [6.45, 7) is 5.24. The highest BCUT2D eigenvalue weighted by Crippen LogP contribution is 2.13. The quantitative estimate of drug-likeness (QED) is 0.585. The first-order valence-electron chi connectivity index (χ1n) is 6.43. The number of carbonyl (C=O) groups excluding carboxylic acids is 2. The lowest BCUT2D eigenvalue weighted by Gasteiger charge is -2.19. The monoisotopic (exact) mass is 257 g/mol. The predicted molar refractivity (Wildman–Crippen MR) is 68.1 cm³/mol. The van der Waals surface area contributed by atoms with Crippen LogP contribution in [0.15, 0.2) is 0 Å². The van der Waals surface area contributed by atoms with E-state index >= 15 is 0 Å². The average Bonchev–Trinajstić information content (AvgIpc) is 2.83. The normalized spacial score (nSPS) is 24.6. The van der Waals surface area contributed by atoms with Crippen LogP contribution in [0.25, 0.3) is 0 Å². The molecular weight excluding hydrogens is 234 g/mol. The minimum atomic E-state index is -0.512. The van der Waals surface area contributed by atoms with Gasteiger partial charge in [0.15, 0.2) is 0 Å². The van der Waals surface area contributed by atoms with E-state index in [-0.39, 0.29) is 23.8 Å². The molecule has 6 nitrogen and oxygen atoms in total. The highest BCUT2D eigenvalue weighted by Gasteiger charge is 2.34. The molecule has 1 rings (SSSR count). The van der Waals surface area contributed by atoms with E-state index < -0.39 is 6.04 Å². The van der Waals surface area contributed by atoms with Gasteiger partial charge in [-0.05, 0) is 20.4 Å². The Balaban J connectivity index is 2.41. The Bertz CT molecular complexity index is 296. The maximum atomic E-state index is 12.0. The zero-order valence-corrected chi connectivity index (χ0v) is 11.3. The summed E-state index contributed by atoms with van der Waals surface area (Å²) in [4.78, 5) is 23.6. The fourth-order valence-electron chi connectivity index (χ4n) is 1.88. The Morgan fingerprint density at radius 1 is 1.39 bits per heavy atom. The van der Waals surface area contributed by atoms with Crippen LogP contribution >= 0.6 is 0 Å². The highest BCUT2D eigenvalue weighted by molar-refractivity contribution is 5.88. The van der Waals surface area contributed by atoms with Crippen molar-refractivity contribution in [2.24, 2.45) is 5.92 Å². The summed E-state index contributed by atoms with van der Waals surface area (Å²) in [7, 11) is 1.80. The van der Waals surface area contributed by atoms with E-state index in [2.05, 4.69) is 16.0 Å². The average molecular weight is 257 g/mol. The van der Waals surface area contributed by atoms with Crippen LogP contribution in [-0.4, -0.2) is 50.7 Å². The molecule has 1 saturated heterocycles. The molecule has 0 aliphatic carbocycles. The highest BCUT2D eigenvalue weighted by atomic mass is 16.5. The molecule has 1 fully saturated rings. The lowest BCUT2D eigenvalue weighted by Crippen LogP contribution is -2.50. The Morgan fingerprint density at radius 3 is 2.72 bits per heavy atom. The number of ether oxygens (including phenoxy) is 1. The zero-order chi connectivity index (χ0) is 13.5. The van der Waals surface area contributed by atoms with Crippen molar-refractivity contribution in [3.63, 3.8) is 0 Å². The van der Waals surface area contributed by atoms with Crippen molar-refractivity contribution in [1.82, 2.24) is 16.0 Å². The van der Waals surface area contributed by atoms with E-state index in [0.717, 1.165) is 6.42 Å². The first kappa shape index (κ1) is 14.9. The summed E-state index contributed by atoms with van der Waals surface area (Å²) < 4.78 is 5.26. The summed E-state index contributed by atoms with van der Waals surface area (Å²) in [5.74, 6) is -0.507. The van der Waals surface area contributed by atoms with Crippen molar-refractivity contribution in [1.29, 1.82) is 0 Å². The largest absolute Gasteiger partial charge is 0.379 e. The molecule has 0 radical (unpaired) electrons. The van der Waals surface area contributed by atoms with Crippen LogP contribution in [0.5, 0.6) is 0 Å². The molecule has 6 heteroatoms. The molecule has 0 aromatic rings. The van der Waals surface area contributed by atoms with Crippen LogP contribution in [0.2, 0.25) is 0 Å². The molecule has 0 saturated carbocycles. The number of nitrogens with one attached hydrogen (secondary N) is 3. The van der Waals surface area contributed by atoms with Gasteiger partial charge in [-0.25, -0.2) is 0 Å². The lowest BCUT2D eigenvalue weighted by atomic mass is 10.0. The molecule has 0 bridgehead atoms. The van der Waals surface area contributed by atoms with Gasteiger partial charge < -0.3 is 20.7 Å². The van der Waals surface area contributed by atoms with Crippen molar-refractivity contribution >= 4 is 11.8 Å². The van der Waals surface area contributed by atoms with Gasteiger partial charge in [-0.15, -0.1) is 0 Å². The van der Waals surface area contributed by atoms with Gasteiger partial charge in [-0.1, -0.05) is 6.92 Å². The van der Waals surface area contributed by atoms with Gasteiger partial charge in [0.1, 0.15) is 6.04 Å². The maximum Gasteiger partial charge on any atom is 0.242 e. The number of carbonyl (C=O) groups is 2. The second-order valence-corrected chi connectivity index (χ2v) is 4.56. The first-order chi connectivity index (χ1) is 8.60. The topological polar surface area (TPSA) is 79.5 Å². The molecule has 18 heavy (non-hydrogen) atoms. The molecule has 3 atom stereocenters. The molecule has 104 valence electrons. The van der Waals surface area contributed by atoms with Crippen molar-refractivity contribution in [3.05, 3.63) is 0 Å². The van der Waals surface area contributed by atoms with Crippen molar-refractivity contribution in [2.45, 2.75) is 32.4 Å². The molecule has 0 spiro atoms. The van der Waals surface area contributed by atoms with E-state index in [9.17, 15) is 9.59 Å². The smallest absolute Gasteiger partial charge is 0.242 e. The van der Waals surface area contributed by atoms with Gasteiger partial charge in [0.05, 0.1) is 19.1 Å². The van der Waals surface area contributed by atoms with E-state index in [4.69, 9.17) is 4.74 Å². The molecule has 3 unspecified atom stereocenters. The SMILES string of the molecule is CCCNC(=O)C(C)NC(=O)C1COCC1NC. The van der Waals surface area contributed by atoms with E-state index in [1.165, 1.54) is 0 Å². The number of likely N-dealkylation sites (N-methyl/N-ethyl adjacent to an activating group) is 1. The minimum absolute atomic E-state index is 0.0240. The van der Waals surface area contributed by atoms with Crippen molar-refractivity contribution < 1.29 is 14.3 Å². The van der Waals surface area contributed by atoms with Crippen LogP contribution in [-0.2, 0) is 14.3 Å². The number of hydrogen-bond donors (Lipinski definition) is 3. The van der Waals surface area contributed by atoms with E-state index in [1.54, 1.807) is 14.0 Å². The van der Waals surface area contributed by atoms with E-state index in [1.807, 2.05) is 6.92 Å². The minimum Gasteiger partial charge on any atom is -0.379 e. The maximum absolute atomic E-state index is 12.0. The van der Waals surface area contributed by atoms with Gasteiger partial charge in [0.2, 0.25) is 11.8 Å². The van der Waals surface area contributed by atoms with Crippen LogP contribution in [0.3, 0.4) is 0 Å². The van der Waals surface area contributed by atoms with Gasteiger partial charge >= 0.3 is 0 Å². The van der Waals surface area contributed by atoms with Crippen LogP contribution < -0.4 is 16.0 Å². The molecule has 2 amide bonds. The number of rotatable bonds is 6. The fraction of sp³-hybridized carbons (Fsp3) is 0.833. The standard InChI is InChI=1S/C12H23N3O3/c1-4-5-14-11(16)8(2)15-12(17)9-6-18-7-10(9)13-3/h8-10,13H,4-7H2,1-3H3,(H,14,16)(H,15,17). The third kappa shape index (κ3) is 3.96. The molecule has 1 aliphatic heterocycles. The molecule has 0 aromatic carbocycles. The van der Waals surface area contributed by atoms with Gasteiger partial charge in [-0.3, -0.25) is 9.59 Å². The van der Waals surface area contributed by atoms with Crippen molar-refractivity contribution in [3.8, 4) is 0 Å². The first-order valence-corrected chi connectivity index (χ1v) is 6.43. The number of amides is 2. The van der Waals surface area contributed by atoms with Crippen LogP contribution in [0.4, 0.5) is 0 Å². The van der Waals surface area contributed by atoms with Gasteiger partial charge in [-0.2, -0.15) is 0 Å². The molecule has 3 N–H and O–H groups in total. The van der Waals surface area contributed by atoms with Crippen molar-refractivity contribution in [2.75, 3.05) is 26.8 Å². The third-order valence-corrected chi connectivity index (χ3v) is 3.09. The summed E-state index contributed by atoms with van der Waals surface area (Å²) in [6, 6.07) is -0.488. The van der Waals surface area contributed by atoms with Crippen LogP contribution in [0.1, 0.15) is 20.3 Å². The van der Waals surface area contributed by atoms with Gasteiger partial charge in [0, 0.05) is 12.6 Å².